The van der Waals surface area contributed by atoms with Crippen LogP contribution in [0.1, 0.15) is 24.8 Å². The number of nitrogens with one attached hydrogen (secondary N) is 2. The average molecular weight is 412 g/mol. The molecule has 1 aromatic carbocycles. The van der Waals surface area contributed by atoms with Crippen LogP contribution in [0.3, 0.4) is 0 Å². The van der Waals surface area contributed by atoms with Gasteiger partial charge in [-0.2, -0.15) is 5.26 Å². The molecular weight excluding hydrogens is 393 g/mol. The monoisotopic (exact) mass is 412 g/mol. The Morgan fingerprint density at radius 1 is 1.20 bits per heavy atom. The average Bonchev–Trinajstić information content (AvgIpc) is 2.73. The lowest BCUT2D eigenvalue weighted by Crippen LogP contribution is -2.55. The first-order valence-electron chi connectivity index (χ1n) is 9.50. The van der Waals surface area contributed by atoms with E-state index >= 15 is 0 Å². The number of nitrogens with two attached hydrogens (primary N) is 1. The molecule has 2 heterocycles. The highest BCUT2D eigenvalue weighted by molar-refractivity contribution is 5.83. The van der Waals surface area contributed by atoms with Gasteiger partial charge in [-0.1, -0.05) is 6.07 Å². The van der Waals surface area contributed by atoms with Gasteiger partial charge >= 0.3 is 0 Å². The Morgan fingerprint density at radius 3 is 2.83 bits per heavy atom. The Labute approximate surface area is 170 Å². The first kappa shape index (κ1) is 19.9. The molecule has 3 aromatic rings. The largest absolute Gasteiger partial charge is 0.363 e. The molecular formula is C21H19F3N6. The summed E-state index contributed by atoms with van der Waals surface area (Å²) in [6.07, 6.45) is 2.03. The van der Waals surface area contributed by atoms with E-state index in [1.54, 1.807) is 24.4 Å². The normalized spacial score (nSPS) is 20.5. The van der Waals surface area contributed by atoms with Crippen molar-refractivity contribution in [1.29, 1.82) is 5.26 Å². The van der Waals surface area contributed by atoms with Gasteiger partial charge < -0.3 is 16.4 Å². The summed E-state index contributed by atoms with van der Waals surface area (Å²) in [6, 6.07) is 9.69. The molecule has 1 saturated carbocycles. The van der Waals surface area contributed by atoms with Crippen molar-refractivity contribution in [2.45, 2.75) is 37.3 Å². The number of hydrogen-bond donors (Lipinski definition) is 3. The van der Waals surface area contributed by atoms with Crippen LogP contribution in [0, 0.1) is 17.1 Å². The van der Waals surface area contributed by atoms with E-state index in [-0.39, 0.29) is 30.0 Å². The number of nitrogens with zero attached hydrogens (tertiary/aromatic N) is 3. The Bertz CT molecular complexity index is 1130. The van der Waals surface area contributed by atoms with Crippen molar-refractivity contribution in [3.63, 3.8) is 0 Å². The molecule has 9 heteroatoms. The van der Waals surface area contributed by atoms with E-state index in [4.69, 9.17) is 5.73 Å². The number of fused-ring (bicyclic) bond motifs is 1. The summed E-state index contributed by atoms with van der Waals surface area (Å²) >= 11 is 0. The van der Waals surface area contributed by atoms with Gasteiger partial charge in [0.25, 0.3) is 5.92 Å². The Morgan fingerprint density at radius 2 is 2.03 bits per heavy atom. The molecule has 154 valence electrons. The molecule has 1 aliphatic rings. The molecule has 0 amide bonds. The topological polar surface area (TPSA) is 99.7 Å². The number of rotatable bonds is 4. The van der Waals surface area contributed by atoms with Crippen molar-refractivity contribution >= 4 is 28.2 Å². The van der Waals surface area contributed by atoms with Crippen LogP contribution in [-0.2, 0) is 0 Å². The summed E-state index contributed by atoms with van der Waals surface area (Å²) in [5, 5.41) is 16.0. The van der Waals surface area contributed by atoms with Crippen LogP contribution in [0.5, 0.6) is 0 Å². The summed E-state index contributed by atoms with van der Waals surface area (Å²) in [4.78, 5) is 8.40. The molecule has 0 radical (unpaired) electrons. The highest BCUT2D eigenvalue weighted by Crippen LogP contribution is 2.34. The Hall–Kier alpha value is -3.38. The van der Waals surface area contributed by atoms with Crippen molar-refractivity contribution in [2.75, 3.05) is 10.6 Å². The van der Waals surface area contributed by atoms with Crippen molar-refractivity contribution in [3.05, 3.63) is 54.0 Å². The third-order valence-corrected chi connectivity index (χ3v) is 5.23. The fraction of sp³-hybridized carbons (Fsp3) is 0.286. The van der Waals surface area contributed by atoms with E-state index in [0.29, 0.717) is 12.1 Å². The molecule has 0 bridgehead atoms. The van der Waals surface area contributed by atoms with E-state index in [1.807, 2.05) is 18.2 Å². The predicted octanol–water partition coefficient (Wildman–Crippen LogP) is 4.31. The third-order valence-electron chi connectivity index (χ3n) is 5.23. The first-order valence-corrected chi connectivity index (χ1v) is 9.50. The van der Waals surface area contributed by atoms with E-state index in [1.165, 1.54) is 0 Å². The van der Waals surface area contributed by atoms with Gasteiger partial charge in [-0.25, -0.2) is 18.2 Å². The summed E-state index contributed by atoms with van der Waals surface area (Å²) in [5.41, 5.74) is 7.10. The smallest absolute Gasteiger partial charge is 0.264 e. The summed E-state index contributed by atoms with van der Waals surface area (Å²) in [5.74, 6) is -3.95. The highest BCUT2D eigenvalue weighted by Gasteiger charge is 2.45. The summed E-state index contributed by atoms with van der Waals surface area (Å²) in [6.45, 7) is 0. The molecule has 30 heavy (non-hydrogen) atoms. The fourth-order valence-corrected chi connectivity index (χ4v) is 3.60. The second-order valence-electron chi connectivity index (χ2n) is 7.29. The lowest BCUT2D eigenvalue weighted by atomic mass is 9.87. The van der Waals surface area contributed by atoms with Gasteiger partial charge in [-0.05, 0) is 43.2 Å². The van der Waals surface area contributed by atoms with E-state index in [0.717, 1.165) is 17.0 Å². The second kappa shape index (κ2) is 7.80. The van der Waals surface area contributed by atoms with Gasteiger partial charge in [-0.15, -0.1) is 0 Å². The van der Waals surface area contributed by atoms with Crippen molar-refractivity contribution in [2.24, 2.45) is 5.73 Å². The van der Waals surface area contributed by atoms with Crippen LogP contribution < -0.4 is 16.4 Å². The zero-order valence-corrected chi connectivity index (χ0v) is 15.9. The minimum absolute atomic E-state index is 0.0115. The van der Waals surface area contributed by atoms with Gasteiger partial charge in [0.2, 0.25) is 0 Å². The summed E-state index contributed by atoms with van der Waals surface area (Å²) in [7, 11) is 0. The molecule has 6 nitrogen and oxygen atoms in total. The predicted molar refractivity (Wildman–Crippen MR) is 108 cm³/mol. The van der Waals surface area contributed by atoms with Gasteiger partial charge in [0.1, 0.15) is 6.07 Å². The number of hydrogen-bond acceptors (Lipinski definition) is 6. The number of nitriles is 1. The standard InChI is InChI=1S/C21H19F3N6/c22-15-10-13(11-25)19(28-14-5-6-16-12(9-14)3-2-8-27-16)30-20(15)29-17-4-1-7-21(23,24)18(17)26/h2-3,5-6,8-10,17-18H,1,4,7,26H2,(H2,28,29,30)/t17-,18-/m1/s1. The maximum atomic E-state index is 14.5. The van der Waals surface area contributed by atoms with Crippen LogP contribution in [0.2, 0.25) is 0 Å². The molecule has 0 aliphatic heterocycles. The quantitative estimate of drug-likeness (QED) is 0.591. The van der Waals surface area contributed by atoms with E-state index < -0.39 is 23.8 Å². The SMILES string of the molecule is N#Cc1cc(F)c(N[C@@H]2CCCC(F)(F)[C@@H]2N)nc1Nc1ccc2ncccc2c1. The van der Waals surface area contributed by atoms with E-state index in [9.17, 15) is 18.4 Å². The van der Waals surface area contributed by atoms with Crippen molar-refractivity contribution < 1.29 is 13.2 Å². The zero-order valence-electron chi connectivity index (χ0n) is 15.9. The van der Waals surface area contributed by atoms with Gasteiger partial charge in [0, 0.05) is 29.7 Å². The molecule has 0 spiro atoms. The first-order chi connectivity index (χ1) is 14.4. The van der Waals surface area contributed by atoms with E-state index in [2.05, 4.69) is 20.6 Å². The van der Waals surface area contributed by atoms with Crippen LogP contribution in [0.15, 0.2) is 42.6 Å². The number of pyridine rings is 2. The van der Waals surface area contributed by atoms with Crippen molar-refractivity contribution in [1.82, 2.24) is 9.97 Å². The molecule has 1 fully saturated rings. The molecule has 2 atom stereocenters. The number of benzene rings is 1. The highest BCUT2D eigenvalue weighted by atomic mass is 19.3. The second-order valence-corrected chi connectivity index (χ2v) is 7.29. The van der Waals surface area contributed by atoms with Crippen LogP contribution in [-0.4, -0.2) is 28.0 Å². The van der Waals surface area contributed by atoms with Crippen LogP contribution in [0.4, 0.5) is 30.5 Å². The lowest BCUT2D eigenvalue weighted by molar-refractivity contribution is -0.0555. The van der Waals surface area contributed by atoms with Gasteiger partial charge in [0.15, 0.2) is 17.5 Å². The lowest BCUT2D eigenvalue weighted by Gasteiger charge is -2.36. The van der Waals surface area contributed by atoms with Crippen molar-refractivity contribution in [3.8, 4) is 6.07 Å². The maximum absolute atomic E-state index is 14.5. The number of anilines is 3. The minimum Gasteiger partial charge on any atom is -0.363 e. The molecule has 1 aliphatic carbocycles. The number of alkyl halides is 2. The molecule has 0 unspecified atom stereocenters. The van der Waals surface area contributed by atoms with Gasteiger partial charge in [-0.3, -0.25) is 4.98 Å². The van der Waals surface area contributed by atoms with Gasteiger partial charge in [0.05, 0.1) is 17.1 Å². The third kappa shape index (κ3) is 3.86. The minimum atomic E-state index is -3.03. The maximum Gasteiger partial charge on any atom is 0.264 e. The Balaban J connectivity index is 1.63. The molecule has 2 aromatic heterocycles. The number of aromatic nitrogens is 2. The zero-order chi connectivity index (χ0) is 21.3. The van der Waals surface area contributed by atoms with Crippen LogP contribution >= 0.6 is 0 Å². The Kier molecular flexibility index (Phi) is 5.18. The van der Waals surface area contributed by atoms with Crippen LogP contribution in [0.25, 0.3) is 10.9 Å². The molecule has 4 rings (SSSR count). The summed E-state index contributed by atoms with van der Waals surface area (Å²) < 4.78 is 42.3. The molecule has 4 N–H and O–H groups in total. The molecule has 0 saturated heterocycles. The fourth-order valence-electron chi connectivity index (χ4n) is 3.60. The number of halogens is 3.